The number of hydrogen-bond acceptors (Lipinski definition) is 6. The summed E-state index contributed by atoms with van der Waals surface area (Å²) in [6.45, 7) is 0.614. The molecule has 7 nitrogen and oxygen atoms in total. The Bertz CT molecular complexity index is 838. The summed E-state index contributed by atoms with van der Waals surface area (Å²) < 4.78 is 23.1. The molecule has 0 saturated carbocycles. The number of carbonyl (C=O) groups is 1. The van der Waals surface area contributed by atoms with E-state index < -0.39 is 9.84 Å². The number of sulfone groups is 1. The number of rotatable bonds is 5. The molecule has 2 aromatic rings. The quantitative estimate of drug-likeness (QED) is 0.865. The maximum absolute atomic E-state index is 12.5. The second-order valence-electron chi connectivity index (χ2n) is 6.12. The zero-order valence-electron chi connectivity index (χ0n) is 13.9. The smallest absolute Gasteiger partial charge is 0.272 e. The molecule has 2 aromatic heterocycles. The van der Waals surface area contributed by atoms with Gasteiger partial charge in [0, 0.05) is 32.0 Å². The van der Waals surface area contributed by atoms with E-state index in [-0.39, 0.29) is 23.5 Å². The van der Waals surface area contributed by atoms with E-state index in [9.17, 15) is 13.2 Å². The Labute approximate surface area is 147 Å². The summed E-state index contributed by atoms with van der Waals surface area (Å²) in [7, 11) is -1.40. The fourth-order valence-electron chi connectivity index (χ4n) is 2.76. The zero-order chi connectivity index (χ0) is 17.9. The molecule has 1 saturated heterocycles. The van der Waals surface area contributed by atoms with Crippen molar-refractivity contribution in [2.45, 2.75) is 19.0 Å². The Hall–Kier alpha value is -2.48. The van der Waals surface area contributed by atoms with Crippen LogP contribution >= 0.6 is 0 Å². The van der Waals surface area contributed by atoms with E-state index in [1.165, 1.54) is 4.90 Å². The fraction of sp³-hybridized carbons (Fsp3) is 0.353. The first-order valence-electron chi connectivity index (χ1n) is 8.01. The van der Waals surface area contributed by atoms with Crippen molar-refractivity contribution in [3.8, 4) is 0 Å². The average molecular weight is 360 g/mol. The molecular weight excluding hydrogens is 340 g/mol. The molecule has 0 bridgehead atoms. The lowest BCUT2D eigenvalue weighted by atomic mass is 10.2. The van der Waals surface area contributed by atoms with E-state index in [1.54, 1.807) is 37.8 Å². The largest absolute Gasteiger partial charge is 0.380 e. The van der Waals surface area contributed by atoms with Crippen LogP contribution in [0, 0.1) is 0 Å². The third-order valence-corrected chi connectivity index (χ3v) is 6.03. The van der Waals surface area contributed by atoms with Gasteiger partial charge < -0.3 is 10.2 Å². The molecule has 0 radical (unpaired) electrons. The van der Waals surface area contributed by atoms with Crippen LogP contribution in [0.5, 0.6) is 0 Å². The minimum absolute atomic E-state index is 0.0278. The number of pyridine rings is 2. The summed E-state index contributed by atoms with van der Waals surface area (Å²) in [6, 6.07) is 7.00. The third-order valence-electron chi connectivity index (χ3n) is 4.28. The Balaban J connectivity index is 1.60. The van der Waals surface area contributed by atoms with Crippen LogP contribution in [0.25, 0.3) is 0 Å². The average Bonchev–Trinajstić information content (AvgIpc) is 3.00. The van der Waals surface area contributed by atoms with Gasteiger partial charge in [0.15, 0.2) is 9.84 Å². The summed E-state index contributed by atoms with van der Waals surface area (Å²) in [5, 5.41) is 3.22. The molecule has 0 aliphatic carbocycles. The van der Waals surface area contributed by atoms with Gasteiger partial charge in [-0.1, -0.05) is 6.07 Å². The SMILES string of the molecule is CN(C(=O)c1ccc(NCc2cccnc2)cn1)C1CCS(=O)(=O)C1. The molecule has 0 spiro atoms. The predicted molar refractivity (Wildman–Crippen MR) is 95.0 cm³/mol. The zero-order valence-corrected chi connectivity index (χ0v) is 14.7. The predicted octanol–water partition coefficient (Wildman–Crippen LogP) is 1.35. The molecule has 8 heteroatoms. The van der Waals surface area contributed by atoms with Crippen molar-refractivity contribution < 1.29 is 13.2 Å². The van der Waals surface area contributed by atoms with E-state index in [1.807, 2.05) is 12.1 Å². The van der Waals surface area contributed by atoms with Crippen molar-refractivity contribution >= 4 is 21.4 Å². The van der Waals surface area contributed by atoms with E-state index >= 15 is 0 Å². The molecular formula is C17H20N4O3S. The molecule has 3 rings (SSSR count). The maximum atomic E-state index is 12.5. The van der Waals surface area contributed by atoms with Crippen LogP contribution in [0.15, 0.2) is 42.9 Å². The maximum Gasteiger partial charge on any atom is 0.272 e. The number of amides is 1. The highest BCUT2D eigenvalue weighted by molar-refractivity contribution is 7.91. The molecule has 1 unspecified atom stereocenters. The summed E-state index contributed by atoms with van der Waals surface area (Å²) >= 11 is 0. The monoisotopic (exact) mass is 360 g/mol. The number of anilines is 1. The Morgan fingerprint density at radius 1 is 1.32 bits per heavy atom. The number of hydrogen-bond donors (Lipinski definition) is 1. The van der Waals surface area contributed by atoms with Gasteiger partial charge in [0.05, 0.1) is 23.4 Å². The van der Waals surface area contributed by atoms with Crippen molar-refractivity contribution in [2.75, 3.05) is 23.9 Å². The van der Waals surface area contributed by atoms with Gasteiger partial charge in [0.2, 0.25) is 0 Å². The Morgan fingerprint density at radius 3 is 2.76 bits per heavy atom. The molecule has 3 heterocycles. The fourth-order valence-corrected chi connectivity index (χ4v) is 4.53. The summed E-state index contributed by atoms with van der Waals surface area (Å²) in [5.74, 6) is -0.0965. The first kappa shape index (κ1) is 17.3. The molecule has 1 aliphatic heterocycles. The number of aromatic nitrogens is 2. The molecule has 1 N–H and O–H groups in total. The van der Waals surface area contributed by atoms with Gasteiger partial charge in [-0.25, -0.2) is 13.4 Å². The highest BCUT2D eigenvalue weighted by Gasteiger charge is 2.33. The van der Waals surface area contributed by atoms with E-state index in [0.29, 0.717) is 18.7 Å². The first-order valence-corrected chi connectivity index (χ1v) is 9.83. The first-order chi connectivity index (χ1) is 11.9. The van der Waals surface area contributed by atoms with Crippen molar-refractivity contribution in [3.05, 3.63) is 54.1 Å². The molecule has 1 amide bonds. The summed E-state index contributed by atoms with van der Waals surface area (Å²) in [6.07, 6.45) is 5.58. The normalized spacial score (nSPS) is 18.7. The van der Waals surface area contributed by atoms with Gasteiger partial charge in [-0.05, 0) is 30.2 Å². The van der Waals surface area contributed by atoms with Crippen LogP contribution in [0.1, 0.15) is 22.5 Å². The minimum atomic E-state index is -3.03. The van der Waals surface area contributed by atoms with Crippen LogP contribution in [0.2, 0.25) is 0 Å². The molecule has 1 fully saturated rings. The van der Waals surface area contributed by atoms with Crippen molar-refractivity contribution in [2.24, 2.45) is 0 Å². The Morgan fingerprint density at radius 2 is 2.16 bits per heavy atom. The summed E-state index contributed by atoms with van der Waals surface area (Å²) in [5.41, 5.74) is 2.15. The molecule has 0 aromatic carbocycles. The van der Waals surface area contributed by atoms with Crippen molar-refractivity contribution in [1.29, 1.82) is 0 Å². The van der Waals surface area contributed by atoms with Gasteiger partial charge in [0.1, 0.15) is 5.69 Å². The minimum Gasteiger partial charge on any atom is -0.380 e. The number of carbonyl (C=O) groups excluding carboxylic acids is 1. The van der Waals surface area contributed by atoms with E-state index in [2.05, 4.69) is 15.3 Å². The van der Waals surface area contributed by atoms with E-state index in [0.717, 1.165) is 11.3 Å². The molecule has 1 atom stereocenters. The summed E-state index contributed by atoms with van der Waals surface area (Å²) in [4.78, 5) is 22.2. The number of nitrogens with one attached hydrogen (secondary N) is 1. The van der Waals surface area contributed by atoms with Gasteiger partial charge in [-0.15, -0.1) is 0 Å². The second-order valence-corrected chi connectivity index (χ2v) is 8.35. The van der Waals surface area contributed by atoms with Gasteiger partial charge in [0.25, 0.3) is 5.91 Å². The van der Waals surface area contributed by atoms with Crippen LogP contribution in [0.3, 0.4) is 0 Å². The highest BCUT2D eigenvalue weighted by Crippen LogP contribution is 2.18. The lowest BCUT2D eigenvalue weighted by Crippen LogP contribution is -2.38. The molecule has 132 valence electrons. The second kappa shape index (κ2) is 7.18. The molecule has 1 aliphatic rings. The van der Waals surface area contributed by atoms with Crippen molar-refractivity contribution in [1.82, 2.24) is 14.9 Å². The Kier molecular flexibility index (Phi) is 4.98. The van der Waals surface area contributed by atoms with Crippen LogP contribution in [0.4, 0.5) is 5.69 Å². The van der Waals surface area contributed by atoms with Gasteiger partial charge in [-0.3, -0.25) is 9.78 Å². The highest BCUT2D eigenvalue weighted by atomic mass is 32.2. The van der Waals surface area contributed by atoms with Gasteiger partial charge in [-0.2, -0.15) is 0 Å². The molecule has 25 heavy (non-hydrogen) atoms. The van der Waals surface area contributed by atoms with E-state index in [4.69, 9.17) is 0 Å². The van der Waals surface area contributed by atoms with Crippen LogP contribution < -0.4 is 5.32 Å². The standard InChI is InChI=1S/C17H20N4O3S/c1-21(15-6-8-25(23,24)12-15)17(22)16-5-4-14(11-20-16)19-10-13-3-2-7-18-9-13/h2-5,7,9,11,15,19H,6,8,10,12H2,1H3. The van der Waals surface area contributed by atoms with Crippen molar-refractivity contribution in [3.63, 3.8) is 0 Å². The number of nitrogens with zero attached hydrogens (tertiary/aromatic N) is 3. The lowest BCUT2D eigenvalue weighted by molar-refractivity contribution is 0.0742. The third kappa shape index (κ3) is 4.33. The van der Waals surface area contributed by atoms with Gasteiger partial charge >= 0.3 is 0 Å². The van der Waals surface area contributed by atoms with Crippen LogP contribution in [-0.2, 0) is 16.4 Å². The lowest BCUT2D eigenvalue weighted by Gasteiger charge is -2.23. The van der Waals surface area contributed by atoms with Crippen LogP contribution in [-0.4, -0.2) is 53.8 Å². The topological polar surface area (TPSA) is 92.3 Å².